The summed E-state index contributed by atoms with van der Waals surface area (Å²) in [7, 11) is 0. The van der Waals surface area contributed by atoms with E-state index in [1.54, 1.807) is 0 Å². The molecule has 0 unspecified atom stereocenters. The Morgan fingerprint density at radius 3 is 2.79 bits per heavy atom. The van der Waals surface area contributed by atoms with E-state index < -0.39 is 0 Å². The summed E-state index contributed by atoms with van der Waals surface area (Å²) in [5, 5.41) is 14.8. The van der Waals surface area contributed by atoms with Crippen LogP contribution < -0.4 is 0 Å². The highest BCUT2D eigenvalue weighted by Crippen LogP contribution is 2.19. The minimum atomic E-state index is 0.121. The molecule has 0 atom stereocenters. The molecule has 1 aromatic rings. The third-order valence-electron chi connectivity index (χ3n) is 2.42. The van der Waals surface area contributed by atoms with Gasteiger partial charge in [-0.1, -0.05) is 24.3 Å². The van der Waals surface area contributed by atoms with E-state index in [-0.39, 0.29) is 5.28 Å². The Kier molecular flexibility index (Phi) is 2.43. The molecular formula is C9H10N3O2-. The van der Waals surface area contributed by atoms with Crippen molar-refractivity contribution in [3.63, 3.8) is 0 Å². The topological polar surface area (TPSA) is 59.0 Å². The van der Waals surface area contributed by atoms with Crippen molar-refractivity contribution in [2.24, 2.45) is 5.29 Å². The number of benzene rings is 1. The second-order valence-electron chi connectivity index (χ2n) is 3.24. The zero-order valence-corrected chi connectivity index (χ0v) is 7.59. The van der Waals surface area contributed by atoms with E-state index in [1.165, 1.54) is 10.6 Å². The molecule has 1 aliphatic heterocycles. The van der Waals surface area contributed by atoms with Crippen molar-refractivity contribution in [3.05, 3.63) is 45.5 Å². The second kappa shape index (κ2) is 3.73. The smallest absolute Gasteiger partial charge is 0.0579 e. The highest BCUT2D eigenvalue weighted by Gasteiger charge is 2.16. The van der Waals surface area contributed by atoms with Gasteiger partial charge in [-0.3, -0.25) is 5.28 Å². The van der Waals surface area contributed by atoms with Gasteiger partial charge in [0.1, 0.15) is 0 Å². The Labute approximate surface area is 81.4 Å². The summed E-state index contributed by atoms with van der Waals surface area (Å²) in [5.41, 5.74) is 2.33. The third-order valence-corrected chi connectivity index (χ3v) is 2.42. The van der Waals surface area contributed by atoms with Gasteiger partial charge < -0.3 is 5.21 Å². The van der Waals surface area contributed by atoms with Crippen molar-refractivity contribution in [1.82, 2.24) is 10.3 Å². The lowest BCUT2D eigenvalue weighted by atomic mass is 10.0. The molecule has 0 aliphatic carbocycles. The number of hydrogen-bond donors (Lipinski definition) is 0. The van der Waals surface area contributed by atoms with Gasteiger partial charge in [0.05, 0.1) is 5.29 Å². The number of rotatable bonds is 2. The molecule has 74 valence electrons. The molecule has 5 nitrogen and oxygen atoms in total. The molecule has 0 amide bonds. The molecular weight excluding hydrogens is 182 g/mol. The van der Waals surface area contributed by atoms with Crippen LogP contribution in [0.25, 0.3) is 0 Å². The molecule has 1 aliphatic rings. The molecule has 0 radical (unpaired) electrons. The van der Waals surface area contributed by atoms with Crippen LogP contribution in [-0.4, -0.2) is 16.8 Å². The van der Waals surface area contributed by atoms with E-state index in [1.807, 2.05) is 24.3 Å². The number of hydrazine groups is 1. The van der Waals surface area contributed by atoms with Crippen LogP contribution in [0.1, 0.15) is 11.1 Å². The Hall–Kier alpha value is -1.46. The highest BCUT2D eigenvalue weighted by molar-refractivity contribution is 5.28. The highest BCUT2D eigenvalue weighted by atomic mass is 16.6. The van der Waals surface area contributed by atoms with Crippen LogP contribution in [0.3, 0.4) is 0 Å². The number of nitroso groups, excluding NO2 is 1. The van der Waals surface area contributed by atoms with Gasteiger partial charge in [-0.25, -0.2) is 5.01 Å². The van der Waals surface area contributed by atoms with Gasteiger partial charge in [0.15, 0.2) is 0 Å². The van der Waals surface area contributed by atoms with E-state index in [2.05, 4.69) is 5.29 Å². The average molecular weight is 192 g/mol. The predicted octanol–water partition coefficient (Wildman–Crippen LogP) is 1.44. The zero-order valence-electron chi connectivity index (χ0n) is 7.59. The maximum Gasteiger partial charge on any atom is 0.0579 e. The van der Waals surface area contributed by atoms with Crippen LogP contribution in [0.5, 0.6) is 0 Å². The number of hydrogen-bond acceptors (Lipinski definition) is 4. The molecule has 5 heteroatoms. The van der Waals surface area contributed by atoms with Gasteiger partial charge in [-0.05, 0) is 17.5 Å². The van der Waals surface area contributed by atoms with E-state index in [9.17, 15) is 10.1 Å². The van der Waals surface area contributed by atoms with Gasteiger partial charge in [0.2, 0.25) is 0 Å². The molecule has 0 aromatic heterocycles. The predicted molar refractivity (Wildman–Crippen MR) is 51.6 cm³/mol. The molecule has 0 bridgehead atoms. The third kappa shape index (κ3) is 1.59. The van der Waals surface area contributed by atoms with Gasteiger partial charge in [0.25, 0.3) is 0 Å². The lowest BCUT2D eigenvalue weighted by Crippen LogP contribution is -2.38. The largest absolute Gasteiger partial charge is 0.724 e. The normalized spacial score (nSPS) is 16.1. The Bertz CT molecular complexity index is 343. The van der Waals surface area contributed by atoms with Crippen LogP contribution >= 0.6 is 0 Å². The van der Waals surface area contributed by atoms with Crippen molar-refractivity contribution in [2.45, 2.75) is 13.0 Å². The zero-order chi connectivity index (χ0) is 9.97. The van der Waals surface area contributed by atoms with E-state index in [0.717, 1.165) is 12.0 Å². The molecule has 1 heterocycles. The fraction of sp³-hybridized carbons (Fsp3) is 0.333. The summed E-state index contributed by atoms with van der Waals surface area (Å²) in [5.74, 6) is 0. The van der Waals surface area contributed by atoms with E-state index in [4.69, 9.17) is 0 Å². The van der Waals surface area contributed by atoms with Gasteiger partial charge in [-0.2, -0.15) is 0 Å². The summed E-state index contributed by atoms with van der Waals surface area (Å²) in [6.45, 7) is 1.01. The molecule has 1 aromatic carbocycles. The lowest BCUT2D eigenvalue weighted by Gasteiger charge is -2.37. The van der Waals surface area contributed by atoms with E-state index in [0.29, 0.717) is 13.1 Å². The summed E-state index contributed by atoms with van der Waals surface area (Å²) < 4.78 is 0. The summed E-state index contributed by atoms with van der Waals surface area (Å²) in [6.07, 6.45) is 0.782. The van der Waals surface area contributed by atoms with Gasteiger partial charge in [-0.15, -0.1) is 4.91 Å². The van der Waals surface area contributed by atoms with Crippen LogP contribution in [0, 0.1) is 10.1 Å². The monoisotopic (exact) mass is 192 g/mol. The molecule has 14 heavy (non-hydrogen) atoms. The minimum Gasteiger partial charge on any atom is -0.724 e. The number of fused-ring (bicyclic) bond motifs is 1. The van der Waals surface area contributed by atoms with E-state index >= 15 is 0 Å². The molecule has 0 fully saturated rings. The van der Waals surface area contributed by atoms with Crippen LogP contribution in [0.2, 0.25) is 0 Å². The molecule has 0 saturated carbocycles. The maximum absolute atomic E-state index is 10.9. The molecule has 0 spiro atoms. The van der Waals surface area contributed by atoms with Gasteiger partial charge >= 0.3 is 0 Å². The van der Waals surface area contributed by atoms with Crippen LogP contribution in [0.15, 0.2) is 29.6 Å². The molecule has 0 N–H and O–H groups in total. The standard InChI is InChI=1S/C9H10N3O2/c13-10-12(14)11-6-5-8-3-1-2-4-9(8)7-11/h1-4H,5-7H2/q-1. The van der Waals surface area contributed by atoms with Crippen molar-refractivity contribution in [1.29, 1.82) is 0 Å². The average Bonchev–Trinajstić information content (AvgIpc) is 2.27. The first-order chi connectivity index (χ1) is 6.81. The van der Waals surface area contributed by atoms with Crippen molar-refractivity contribution < 1.29 is 0 Å². The fourth-order valence-corrected chi connectivity index (χ4v) is 1.68. The van der Waals surface area contributed by atoms with Crippen molar-refractivity contribution in [3.8, 4) is 0 Å². The minimum absolute atomic E-state index is 0.121. The lowest BCUT2D eigenvalue weighted by molar-refractivity contribution is 0.00817. The Balaban J connectivity index is 2.17. The summed E-state index contributed by atoms with van der Waals surface area (Å²) in [4.78, 5) is 10.0. The Morgan fingerprint density at radius 1 is 1.36 bits per heavy atom. The van der Waals surface area contributed by atoms with Gasteiger partial charge in [0, 0.05) is 13.1 Å². The number of nitrogens with zero attached hydrogens (tertiary/aromatic N) is 3. The Morgan fingerprint density at radius 2 is 2.07 bits per heavy atom. The summed E-state index contributed by atoms with van der Waals surface area (Å²) >= 11 is 0. The molecule has 2 rings (SSSR count). The first-order valence-electron chi connectivity index (χ1n) is 4.43. The van der Waals surface area contributed by atoms with Crippen LogP contribution in [-0.2, 0) is 13.0 Å². The first kappa shape index (κ1) is 9.11. The van der Waals surface area contributed by atoms with Crippen molar-refractivity contribution >= 4 is 0 Å². The second-order valence-corrected chi connectivity index (χ2v) is 3.24. The van der Waals surface area contributed by atoms with Crippen LogP contribution in [0.4, 0.5) is 0 Å². The summed E-state index contributed by atoms with van der Waals surface area (Å²) in [6, 6.07) is 7.89. The first-order valence-corrected chi connectivity index (χ1v) is 4.43. The quantitative estimate of drug-likeness (QED) is 0.525. The SMILES string of the molecule is O=NN([O-])N1CCc2ccccc2C1. The maximum atomic E-state index is 10.9. The molecule has 0 saturated heterocycles. The fourth-order valence-electron chi connectivity index (χ4n) is 1.68. The van der Waals surface area contributed by atoms with Crippen molar-refractivity contribution in [2.75, 3.05) is 6.54 Å².